The number of carbonyl (C=O) groups excluding carboxylic acids is 1. The number of benzene rings is 2. The fourth-order valence-corrected chi connectivity index (χ4v) is 5.70. The highest BCUT2D eigenvalue weighted by Gasteiger charge is 2.47. The molecule has 0 bridgehead atoms. The van der Waals surface area contributed by atoms with Crippen molar-refractivity contribution in [1.82, 2.24) is 0 Å². The molecule has 0 spiro atoms. The van der Waals surface area contributed by atoms with E-state index in [2.05, 4.69) is 5.32 Å². The fourth-order valence-electron chi connectivity index (χ4n) is 3.44. The zero-order valence-corrected chi connectivity index (χ0v) is 18.0. The quantitative estimate of drug-likeness (QED) is 0.274. The average molecular weight is 415 g/mol. The standard InChI is InChI=1S/C22H26NO5P/c1-5-26-29(25,27-6-2)21-17-12-8-10-14-19(17)28-22(24)20(21)16(4)23-18-13-9-7-11-15(18)3/h7-14,21,23H,5-6H2,1-4H3. The van der Waals surface area contributed by atoms with Crippen LogP contribution in [0, 0.1) is 6.92 Å². The zero-order valence-electron chi connectivity index (χ0n) is 17.1. The Balaban J connectivity index is 2.18. The zero-order chi connectivity index (χ0) is 21.0. The SMILES string of the molecule is CCOP(=O)(OCC)C1C(=C(C)Nc2ccccc2C)C(=O)Oc2ccccc21. The molecule has 1 atom stereocenters. The van der Waals surface area contributed by atoms with E-state index in [9.17, 15) is 9.36 Å². The van der Waals surface area contributed by atoms with Gasteiger partial charge in [-0.1, -0.05) is 36.4 Å². The van der Waals surface area contributed by atoms with E-state index >= 15 is 0 Å². The van der Waals surface area contributed by atoms with Gasteiger partial charge < -0.3 is 19.1 Å². The highest BCUT2D eigenvalue weighted by Crippen LogP contribution is 2.66. The Morgan fingerprint density at radius 3 is 2.34 bits per heavy atom. The second-order valence-electron chi connectivity index (χ2n) is 6.68. The molecule has 0 aliphatic carbocycles. The molecule has 1 aliphatic heterocycles. The van der Waals surface area contributed by atoms with Crippen molar-refractivity contribution in [2.75, 3.05) is 18.5 Å². The number of hydrogen-bond acceptors (Lipinski definition) is 6. The fraction of sp³-hybridized carbons (Fsp3) is 0.318. The first-order chi connectivity index (χ1) is 13.9. The van der Waals surface area contributed by atoms with Gasteiger partial charge in [0.2, 0.25) is 0 Å². The molecule has 1 heterocycles. The summed E-state index contributed by atoms with van der Waals surface area (Å²) < 4.78 is 30.6. The van der Waals surface area contributed by atoms with Gasteiger partial charge in [-0.25, -0.2) is 4.79 Å². The van der Waals surface area contributed by atoms with Crippen LogP contribution in [0.1, 0.15) is 37.6 Å². The summed E-state index contributed by atoms with van der Waals surface area (Å²) in [6, 6.07) is 14.8. The first-order valence-electron chi connectivity index (χ1n) is 9.64. The molecule has 0 aromatic heterocycles. The van der Waals surface area contributed by atoms with E-state index in [0.29, 0.717) is 17.0 Å². The van der Waals surface area contributed by atoms with E-state index in [1.165, 1.54) is 0 Å². The van der Waals surface area contributed by atoms with E-state index in [4.69, 9.17) is 13.8 Å². The average Bonchev–Trinajstić information content (AvgIpc) is 2.69. The molecule has 0 amide bonds. The molecule has 3 rings (SSSR count). The van der Waals surface area contributed by atoms with Gasteiger partial charge in [0.25, 0.3) is 0 Å². The van der Waals surface area contributed by atoms with Crippen LogP contribution in [0.2, 0.25) is 0 Å². The first-order valence-corrected chi connectivity index (χ1v) is 11.3. The summed E-state index contributed by atoms with van der Waals surface area (Å²) in [6.07, 6.45) is 0. The van der Waals surface area contributed by atoms with E-state index in [-0.39, 0.29) is 18.8 Å². The number of rotatable bonds is 7. The Kier molecular flexibility index (Phi) is 6.58. The largest absolute Gasteiger partial charge is 0.423 e. The summed E-state index contributed by atoms with van der Waals surface area (Å²) in [5, 5.41) is 3.27. The molecule has 0 saturated heterocycles. The van der Waals surface area contributed by atoms with Crippen LogP contribution < -0.4 is 10.1 Å². The van der Waals surface area contributed by atoms with Crippen LogP contribution in [-0.2, 0) is 18.4 Å². The Morgan fingerprint density at radius 1 is 1.07 bits per heavy atom. The van der Waals surface area contributed by atoms with Crippen LogP contribution in [0.15, 0.2) is 59.8 Å². The van der Waals surface area contributed by atoms with Crippen molar-refractivity contribution in [3.05, 3.63) is 70.9 Å². The number of allylic oxidation sites excluding steroid dienone is 1. The molecular weight excluding hydrogens is 389 g/mol. The second-order valence-corrected chi connectivity index (χ2v) is 8.80. The monoisotopic (exact) mass is 415 g/mol. The molecule has 1 unspecified atom stereocenters. The van der Waals surface area contributed by atoms with Crippen molar-refractivity contribution in [3.8, 4) is 5.75 Å². The summed E-state index contributed by atoms with van der Waals surface area (Å²) in [4.78, 5) is 13.0. The minimum Gasteiger partial charge on any atom is -0.423 e. The van der Waals surface area contributed by atoms with E-state index in [1.807, 2.05) is 37.3 Å². The lowest BCUT2D eigenvalue weighted by Crippen LogP contribution is -2.27. The van der Waals surface area contributed by atoms with Gasteiger partial charge in [0.05, 0.1) is 18.8 Å². The van der Waals surface area contributed by atoms with Crippen molar-refractivity contribution in [1.29, 1.82) is 0 Å². The number of aryl methyl sites for hydroxylation is 1. The lowest BCUT2D eigenvalue weighted by Gasteiger charge is -2.33. The van der Waals surface area contributed by atoms with Crippen molar-refractivity contribution in [2.24, 2.45) is 0 Å². The van der Waals surface area contributed by atoms with Crippen LogP contribution in [0.25, 0.3) is 0 Å². The van der Waals surface area contributed by atoms with Crippen molar-refractivity contribution in [2.45, 2.75) is 33.4 Å². The molecule has 6 nitrogen and oxygen atoms in total. The molecular formula is C22H26NO5P. The summed E-state index contributed by atoms with van der Waals surface area (Å²) in [6.45, 7) is 7.63. The third-order valence-electron chi connectivity index (χ3n) is 4.72. The van der Waals surface area contributed by atoms with Gasteiger partial charge in [-0.3, -0.25) is 4.57 Å². The minimum atomic E-state index is -3.69. The molecule has 29 heavy (non-hydrogen) atoms. The number of hydrogen-bond donors (Lipinski definition) is 1. The number of ether oxygens (including phenoxy) is 1. The molecule has 0 saturated carbocycles. The predicted octanol–water partition coefficient (Wildman–Crippen LogP) is 5.61. The van der Waals surface area contributed by atoms with Crippen molar-refractivity contribution >= 4 is 19.3 Å². The number of esters is 1. The van der Waals surface area contributed by atoms with Crippen LogP contribution >= 0.6 is 7.60 Å². The van der Waals surface area contributed by atoms with Gasteiger partial charge >= 0.3 is 13.6 Å². The highest BCUT2D eigenvalue weighted by atomic mass is 31.2. The molecule has 2 aromatic carbocycles. The third kappa shape index (κ3) is 4.30. The van der Waals surface area contributed by atoms with E-state index in [1.54, 1.807) is 39.0 Å². The Bertz CT molecular complexity index is 975. The molecule has 2 aromatic rings. The topological polar surface area (TPSA) is 73.9 Å². The van der Waals surface area contributed by atoms with Crippen LogP contribution in [-0.4, -0.2) is 19.2 Å². The normalized spacial score (nSPS) is 18.1. The molecule has 1 aliphatic rings. The summed E-state index contributed by atoms with van der Waals surface area (Å²) in [5.41, 5.74) is 2.40. The maximum Gasteiger partial charge on any atom is 0.342 e. The summed E-state index contributed by atoms with van der Waals surface area (Å²) in [7, 11) is -3.69. The first kappa shape index (κ1) is 21.3. The molecule has 0 fully saturated rings. The highest BCUT2D eigenvalue weighted by molar-refractivity contribution is 7.54. The number of para-hydroxylation sites is 2. The van der Waals surface area contributed by atoms with Gasteiger partial charge in [-0.05, 0) is 45.4 Å². The molecule has 0 radical (unpaired) electrons. The molecule has 154 valence electrons. The van der Waals surface area contributed by atoms with Crippen LogP contribution in [0.4, 0.5) is 5.69 Å². The number of anilines is 1. The van der Waals surface area contributed by atoms with Gasteiger partial charge in [0.15, 0.2) is 0 Å². The maximum atomic E-state index is 13.8. The Morgan fingerprint density at radius 2 is 1.69 bits per heavy atom. The van der Waals surface area contributed by atoms with Gasteiger partial charge in [-0.2, -0.15) is 0 Å². The van der Waals surface area contributed by atoms with Crippen molar-refractivity contribution in [3.63, 3.8) is 0 Å². The Hall–Kier alpha value is -2.40. The smallest absolute Gasteiger partial charge is 0.342 e. The number of nitrogens with one attached hydrogen (secondary N) is 1. The molecule has 7 heteroatoms. The van der Waals surface area contributed by atoms with Crippen molar-refractivity contribution < 1.29 is 23.1 Å². The predicted molar refractivity (Wildman–Crippen MR) is 113 cm³/mol. The Labute approximate surface area is 171 Å². The van der Waals surface area contributed by atoms with Crippen LogP contribution in [0.5, 0.6) is 5.75 Å². The number of fused-ring (bicyclic) bond motifs is 1. The lowest BCUT2D eigenvalue weighted by atomic mass is 9.99. The minimum absolute atomic E-state index is 0.197. The van der Waals surface area contributed by atoms with Gasteiger partial charge in [0.1, 0.15) is 11.4 Å². The summed E-state index contributed by atoms with van der Waals surface area (Å²) in [5.74, 6) is -0.193. The summed E-state index contributed by atoms with van der Waals surface area (Å²) >= 11 is 0. The molecule has 1 N–H and O–H groups in total. The lowest BCUT2D eigenvalue weighted by molar-refractivity contribution is -0.131. The van der Waals surface area contributed by atoms with Gasteiger partial charge in [0, 0.05) is 16.9 Å². The van der Waals surface area contributed by atoms with Crippen LogP contribution in [0.3, 0.4) is 0 Å². The number of carbonyl (C=O) groups is 1. The van der Waals surface area contributed by atoms with Gasteiger partial charge in [-0.15, -0.1) is 0 Å². The van der Waals surface area contributed by atoms with E-state index < -0.39 is 19.2 Å². The van der Waals surface area contributed by atoms with E-state index in [0.717, 1.165) is 11.3 Å². The maximum absolute atomic E-state index is 13.8. The second kappa shape index (κ2) is 8.95. The third-order valence-corrected chi connectivity index (χ3v) is 7.12.